The van der Waals surface area contributed by atoms with Gasteiger partial charge in [0.2, 0.25) is 0 Å². The molecule has 0 aliphatic rings. The molecule has 100 valence electrons. The summed E-state index contributed by atoms with van der Waals surface area (Å²) in [5.41, 5.74) is 3.43. The minimum Gasteiger partial charge on any atom is -0.378 e. The summed E-state index contributed by atoms with van der Waals surface area (Å²) in [4.78, 5) is 0. The van der Waals surface area contributed by atoms with Crippen LogP contribution in [-0.4, -0.2) is 0 Å². The second-order valence-corrected chi connectivity index (χ2v) is 5.95. The van der Waals surface area contributed by atoms with E-state index in [0.717, 1.165) is 27.2 Å². The van der Waals surface area contributed by atoms with Gasteiger partial charge in [-0.3, -0.25) is 0 Å². The summed E-state index contributed by atoms with van der Waals surface area (Å²) < 4.78 is 1.10. The standard InChI is InChI=1S/C16H17BrClN/c1-3-16(12-5-4-6-13(17)9-12)19-14-8-7-11(2)15(18)10-14/h4-10,16,19H,3H2,1-2H3. The number of aryl methyl sites for hydroxylation is 1. The van der Waals surface area contributed by atoms with Gasteiger partial charge in [0.25, 0.3) is 0 Å². The van der Waals surface area contributed by atoms with Gasteiger partial charge in [0.05, 0.1) is 6.04 Å². The van der Waals surface area contributed by atoms with Crippen LogP contribution >= 0.6 is 27.5 Å². The maximum Gasteiger partial charge on any atom is 0.0511 e. The Morgan fingerprint density at radius 2 is 2.00 bits per heavy atom. The van der Waals surface area contributed by atoms with E-state index in [1.807, 2.05) is 25.1 Å². The third-order valence-corrected chi connectivity index (χ3v) is 4.07. The fraction of sp³-hybridized carbons (Fsp3) is 0.250. The fourth-order valence-corrected chi connectivity index (χ4v) is 2.63. The molecule has 0 bridgehead atoms. The average molecular weight is 339 g/mol. The summed E-state index contributed by atoms with van der Waals surface area (Å²) in [5, 5.41) is 4.34. The molecule has 2 aromatic rings. The van der Waals surface area contributed by atoms with Gasteiger partial charge in [-0.05, 0) is 48.7 Å². The zero-order valence-electron chi connectivity index (χ0n) is 11.1. The van der Waals surface area contributed by atoms with E-state index < -0.39 is 0 Å². The van der Waals surface area contributed by atoms with Gasteiger partial charge in [-0.15, -0.1) is 0 Å². The van der Waals surface area contributed by atoms with Crippen molar-refractivity contribution in [2.75, 3.05) is 5.32 Å². The van der Waals surface area contributed by atoms with Gasteiger partial charge in [0.1, 0.15) is 0 Å². The van der Waals surface area contributed by atoms with E-state index in [1.165, 1.54) is 5.56 Å². The third kappa shape index (κ3) is 3.74. The molecule has 0 heterocycles. The monoisotopic (exact) mass is 337 g/mol. The number of nitrogens with one attached hydrogen (secondary N) is 1. The van der Waals surface area contributed by atoms with Crippen LogP contribution in [0.5, 0.6) is 0 Å². The summed E-state index contributed by atoms with van der Waals surface area (Å²) in [6.45, 7) is 4.19. The maximum atomic E-state index is 6.16. The molecular formula is C16H17BrClN. The van der Waals surface area contributed by atoms with E-state index in [2.05, 4.69) is 52.4 Å². The highest BCUT2D eigenvalue weighted by Crippen LogP contribution is 2.27. The van der Waals surface area contributed by atoms with Crippen LogP contribution in [0.15, 0.2) is 46.9 Å². The van der Waals surface area contributed by atoms with E-state index in [-0.39, 0.29) is 6.04 Å². The van der Waals surface area contributed by atoms with E-state index in [9.17, 15) is 0 Å². The van der Waals surface area contributed by atoms with Gasteiger partial charge < -0.3 is 5.32 Å². The first-order valence-electron chi connectivity index (χ1n) is 6.38. The molecule has 1 unspecified atom stereocenters. The summed E-state index contributed by atoms with van der Waals surface area (Å²) >= 11 is 9.68. The van der Waals surface area contributed by atoms with Gasteiger partial charge in [0, 0.05) is 15.2 Å². The molecule has 0 aromatic heterocycles. The van der Waals surface area contributed by atoms with Crippen LogP contribution in [-0.2, 0) is 0 Å². The van der Waals surface area contributed by atoms with Crippen LogP contribution in [0.2, 0.25) is 5.02 Å². The second kappa shape index (κ2) is 6.44. The Hall–Kier alpha value is -0.990. The lowest BCUT2D eigenvalue weighted by molar-refractivity contribution is 0.749. The Kier molecular flexibility index (Phi) is 4.89. The lowest BCUT2D eigenvalue weighted by Gasteiger charge is -2.19. The van der Waals surface area contributed by atoms with Crippen molar-refractivity contribution in [2.45, 2.75) is 26.3 Å². The van der Waals surface area contributed by atoms with Crippen LogP contribution in [0.3, 0.4) is 0 Å². The largest absolute Gasteiger partial charge is 0.378 e. The first-order valence-corrected chi connectivity index (χ1v) is 7.55. The highest BCUT2D eigenvalue weighted by molar-refractivity contribution is 9.10. The molecule has 0 saturated carbocycles. The summed E-state index contributed by atoms with van der Waals surface area (Å²) in [6.07, 6.45) is 1.02. The van der Waals surface area contributed by atoms with Gasteiger partial charge >= 0.3 is 0 Å². The molecule has 3 heteroatoms. The molecule has 0 radical (unpaired) electrons. The Bertz CT molecular complexity index is 568. The molecule has 1 N–H and O–H groups in total. The molecule has 0 aliphatic carbocycles. The quantitative estimate of drug-likeness (QED) is 0.723. The summed E-state index contributed by atoms with van der Waals surface area (Å²) in [6, 6.07) is 14.8. The average Bonchev–Trinajstić information content (AvgIpc) is 2.40. The SMILES string of the molecule is CCC(Nc1ccc(C)c(Cl)c1)c1cccc(Br)c1. The molecular weight excluding hydrogens is 322 g/mol. The number of halogens is 2. The van der Waals surface area contributed by atoms with Crippen molar-refractivity contribution in [1.82, 2.24) is 0 Å². The van der Waals surface area contributed by atoms with Crippen LogP contribution in [0.1, 0.15) is 30.5 Å². The Morgan fingerprint density at radius 3 is 2.63 bits per heavy atom. The van der Waals surface area contributed by atoms with Crippen LogP contribution < -0.4 is 5.32 Å². The first kappa shape index (κ1) is 14.4. The van der Waals surface area contributed by atoms with E-state index in [0.29, 0.717) is 0 Å². The topological polar surface area (TPSA) is 12.0 Å². The molecule has 0 amide bonds. The Morgan fingerprint density at radius 1 is 1.21 bits per heavy atom. The molecule has 2 rings (SSSR count). The summed E-state index contributed by atoms with van der Waals surface area (Å²) in [7, 11) is 0. The third-order valence-electron chi connectivity index (χ3n) is 3.17. The lowest BCUT2D eigenvalue weighted by Crippen LogP contribution is -2.09. The van der Waals surface area contributed by atoms with Crippen molar-refractivity contribution in [2.24, 2.45) is 0 Å². The van der Waals surface area contributed by atoms with Crippen LogP contribution in [0, 0.1) is 6.92 Å². The van der Waals surface area contributed by atoms with Crippen molar-refractivity contribution >= 4 is 33.2 Å². The van der Waals surface area contributed by atoms with Crippen LogP contribution in [0.4, 0.5) is 5.69 Å². The lowest BCUT2D eigenvalue weighted by atomic mass is 10.0. The van der Waals surface area contributed by atoms with E-state index in [4.69, 9.17) is 11.6 Å². The minimum atomic E-state index is 0.288. The highest BCUT2D eigenvalue weighted by atomic mass is 79.9. The Labute approximate surface area is 128 Å². The fourth-order valence-electron chi connectivity index (χ4n) is 2.03. The predicted octanol–water partition coefficient (Wildman–Crippen LogP) is 5.97. The van der Waals surface area contributed by atoms with Crippen molar-refractivity contribution < 1.29 is 0 Å². The van der Waals surface area contributed by atoms with E-state index >= 15 is 0 Å². The molecule has 0 aliphatic heterocycles. The molecule has 1 nitrogen and oxygen atoms in total. The van der Waals surface area contributed by atoms with Crippen molar-refractivity contribution in [3.05, 3.63) is 63.1 Å². The smallest absolute Gasteiger partial charge is 0.0511 e. The number of benzene rings is 2. The Balaban J connectivity index is 2.21. The second-order valence-electron chi connectivity index (χ2n) is 4.62. The molecule has 2 aromatic carbocycles. The molecule has 1 atom stereocenters. The number of rotatable bonds is 4. The number of hydrogen-bond acceptors (Lipinski definition) is 1. The predicted molar refractivity (Wildman–Crippen MR) is 87.0 cm³/mol. The minimum absolute atomic E-state index is 0.288. The summed E-state index contributed by atoms with van der Waals surface area (Å²) in [5.74, 6) is 0. The molecule has 19 heavy (non-hydrogen) atoms. The van der Waals surface area contributed by atoms with Crippen molar-refractivity contribution in [3.63, 3.8) is 0 Å². The van der Waals surface area contributed by atoms with Crippen LogP contribution in [0.25, 0.3) is 0 Å². The molecule has 0 spiro atoms. The van der Waals surface area contributed by atoms with Crippen molar-refractivity contribution in [1.29, 1.82) is 0 Å². The highest BCUT2D eigenvalue weighted by Gasteiger charge is 2.10. The molecule has 0 saturated heterocycles. The van der Waals surface area contributed by atoms with Gasteiger partial charge in [-0.1, -0.05) is 52.7 Å². The van der Waals surface area contributed by atoms with Gasteiger partial charge in [0.15, 0.2) is 0 Å². The first-order chi connectivity index (χ1) is 9.10. The van der Waals surface area contributed by atoms with Gasteiger partial charge in [-0.2, -0.15) is 0 Å². The van der Waals surface area contributed by atoms with E-state index in [1.54, 1.807) is 0 Å². The number of anilines is 1. The zero-order valence-corrected chi connectivity index (χ0v) is 13.4. The zero-order chi connectivity index (χ0) is 13.8. The maximum absolute atomic E-state index is 6.16. The molecule has 0 fully saturated rings. The van der Waals surface area contributed by atoms with Crippen molar-refractivity contribution in [3.8, 4) is 0 Å². The normalized spacial score (nSPS) is 12.2. The van der Waals surface area contributed by atoms with Gasteiger partial charge in [-0.25, -0.2) is 0 Å². The number of hydrogen-bond donors (Lipinski definition) is 1.